The Bertz CT molecular complexity index is 408. The third-order valence-corrected chi connectivity index (χ3v) is 3.45. The SMILES string of the molecule is COCc1ccc(C(=O)NC2CCCC2CN)o1.Cl. The fourth-order valence-electron chi connectivity index (χ4n) is 2.47. The summed E-state index contributed by atoms with van der Waals surface area (Å²) in [6, 6.07) is 3.61. The number of carbonyl (C=O) groups is 1. The summed E-state index contributed by atoms with van der Waals surface area (Å²) >= 11 is 0. The smallest absolute Gasteiger partial charge is 0.287 e. The summed E-state index contributed by atoms with van der Waals surface area (Å²) in [4.78, 5) is 12.0. The van der Waals surface area contributed by atoms with Gasteiger partial charge in [0.15, 0.2) is 5.76 Å². The Morgan fingerprint density at radius 2 is 2.32 bits per heavy atom. The highest BCUT2D eigenvalue weighted by Crippen LogP contribution is 2.25. The van der Waals surface area contributed by atoms with Gasteiger partial charge in [0.2, 0.25) is 0 Å². The van der Waals surface area contributed by atoms with Crippen LogP contribution in [0.25, 0.3) is 0 Å². The maximum absolute atomic E-state index is 12.0. The molecule has 0 radical (unpaired) electrons. The van der Waals surface area contributed by atoms with Gasteiger partial charge in [0.25, 0.3) is 5.91 Å². The van der Waals surface area contributed by atoms with Crippen LogP contribution in [0.2, 0.25) is 0 Å². The Morgan fingerprint density at radius 3 is 3.00 bits per heavy atom. The highest BCUT2D eigenvalue weighted by Gasteiger charge is 2.28. The van der Waals surface area contributed by atoms with Crippen molar-refractivity contribution in [3.8, 4) is 0 Å². The van der Waals surface area contributed by atoms with Crippen LogP contribution in [0.15, 0.2) is 16.5 Å². The molecule has 2 rings (SSSR count). The van der Waals surface area contributed by atoms with Crippen molar-refractivity contribution in [3.05, 3.63) is 23.7 Å². The molecule has 1 aromatic heterocycles. The number of hydrogen-bond donors (Lipinski definition) is 2. The van der Waals surface area contributed by atoms with Crippen LogP contribution in [0.5, 0.6) is 0 Å². The molecule has 1 fully saturated rings. The van der Waals surface area contributed by atoms with Gasteiger partial charge in [-0.2, -0.15) is 0 Å². The minimum Gasteiger partial charge on any atom is -0.453 e. The molecule has 0 bridgehead atoms. The van der Waals surface area contributed by atoms with Gasteiger partial charge in [-0.1, -0.05) is 6.42 Å². The van der Waals surface area contributed by atoms with E-state index in [4.69, 9.17) is 14.9 Å². The van der Waals surface area contributed by atoms with Gasteiger partial charge in [0, 0.05) is 13.2 Å². The van der Waals surface area contributed by atoms with E-state index in [-0.39, 0.29) is 24.4 Å². The van der Waals surface area contributed by atoms with E-state index in [2.05, 4.69) is 5.32 Å². The second-order valence-electron chi connectivity index (χ2n) is 4.71. The van der Waals surface area contributed by atoms with Gasteiger partial charge in [-0.15, -0.1) is 12.4 Å². The molecule has 2 unspecified atom stereocenters. The molecule has 0 spiro atoms. The number of furan rings is 1. The molecule has 1 aliphatic carbocycles. The van der Waals surface area contributed by atoms with Gasteiger partial charge in [-0.05, 0) is 37.4 Å². The van der Waals surface area contributed by atoms with Crippen molar-refractivity contribution in [2.45, 2.75) is 31.9 Å². The Kier molecular flexibility index (Phi) is 6.34. The highest BCUT2D eigenvalue weighted by atomic mass is 35.5. The van der Waals surface area contributed by atoms with Crippen molar-refractivity contribution in [2.75, 3.05) is 13.7 Å². The molecule has 19 heavy (non-hydrogen) atoms. The molecular formula is C13H21ClN2O3. The number of hydrogen-bond acceptors (Lipinski definition) is 4. The first-order valence-corrected chi connectivity index (χ1v) is 6.33. The van der Waals surface area contributed by atoms with Crippen LogP contribution < -0.4 is 11.1 Å². The molecule has 6 heteroatoms. The Morgan fingerprint density at radius 1 is 1.53 bits per heavy atom. The maximum Gasteiger partial charge on any atom is 0.287 e. The summed E-state index contributed by atoms with van der Waals surface area (Å²) in [5.74, 6) is 1.22. The van der Waals surface area contributed by atoms with Crippen LogP contribution in [-0.4, -0.2) is 25.6 Å². The van der Waals surface area contributed by atoms with E-state index in [1.807, 2.05) is 0 Å². The fourth-order valence-corrected chi connectivity index (χ4v) is 2.47. The second-order valence-corrected chi connectivity index (χ2v) is 4.71. The summed E-state index contributed by atoms with van der Waals surface area (Å²) in [6.07, 6.45) is 3.22. The molecule has 1 aromatic rings. The predicted molar refractivity (Wildman–Crippen MR) is 74.3 cm³/mol. The molecule has 1 saturated carbocycles. The minimum atomic E-state index is -0.164. The average molecular weight is 289 g/mol. The summed E-state index contributed by atoms with van der Waals surface area (Å²) in [5.41, 5.74) is 5.69. The van der Waals surface area contributed by atoms with Gasteiger partial charge in [0.1, 0.15) is 12.4 Å². The van der Waals surface area contributed by atoms with E-state index < -0.39 is 0 Å². The first-order chi connectivity index (χ1) is 8.74. The molecule has 0 saturated heterocycles. The molecule has 2 atom stereocenters. The summed E-state index contributed by atoms with van der Waals surface area (Å²) in [6.45, 7) is 1.00. The van der Waals surface area contributed by atoms with Crippen LogP contribution in [0, 0.1) is 5.92 Å². The molecule has 0 aromatic carbocycles. The van der Waals surface area contributed by atoms with Crippen molar-refractivity contribution in [1.29, 1.82) is 0 Å². The quantitative estimate of drug-likeness (QED) is 0.864. The molecule has 1 aliphatic rings. The van der Waals surface area contributed by atoms with Gasteiger partial charge in [-0.3, -0.25) is 4.79 Å². The lowest BCUT2D eigenvalue weighted by Crippen LogP contribution is -2.39. The first kappa shape index (κ1) is 16.0. The Hall–Kier alpha value is -1.04. The monoisotopic (exact) mass is 288 g/mol. The normalized spacial score (nSPS) is 22.0. The fraction of sp³-hybridized carbons (Fsp3) is 0.615. The number of amides is 1. The van der Waals surface area contributed by atoms with E-state index in [0.717, 1.165) is 19.3 Å². The standard InChI is InChI=1S/C13H20N2O3.ClH/c1-17-8-10-5-6-12(18-10)13(16)15-11-4-2-3-9(11)7-14;/h5-6,9,11H,2-4,7-8,14H2,1H3,(H,15,16);1H. The van der Waals surface area contributed by atoms with Gasteiger partial charge < -0.3 is 20.2 Å². The number of halogens is 1. The lowest BCUT2D eigenvalue weighted by molar-refractivity contribution is 0.0892. The van der Waals surface area contributed by atoms with Crippen molar-refractivity contribution < 1.29 is 13.9 Å². The van der Waals surface area contributed by atoms with E-state index in [0.29, 0.717) is 30.6 Å². The number of rotatable bonds is 5. The topological polar surface area (TPSA) is 77.5 Å². The number of nitrogens with one attached hydrogen (secondary N) is 1. The van der Waals surface area contributed by atoms with Crippen LogP contribution in [-0.2, 0) is 11.3 Å². The maximum atomic E-state index is 12.0. The molecule has 1 amide bonds. The summed E-state index contributed by atoms with van der Waals surface area (Å²) < 4.78 is 10.3. The van der Waals surface area contributed by atoms with Crippen molar-refractivity contribution >= 4 is 18.3 Å². The Balaban J connectivity index is 0.00000180. The zero-order valence-electron chi connectivity index (χ0n) is 11.1. The van der Waals surface area contributed by atoms with E-state index in [9.17, 15) is 4.79 Å². The van der Waals surface area contributed by atoms with Gasteiger partial charge in [0.05, 0.1) is 0 Å². The molecule has 3 N–H and O–H groups in total. The summed E-state index contributed by atoms with van der Waals surface area (Å²) in [5, 5.41) is 3.00. The van der Waals surface area contributed by atoms with Crippen molar-refractivity contribution in [2.24, 2.45) is 11.7 Å². The highest BCUT2D eigenvalue weighted by molar-refractivity contribution is 5.91. The minimum absolute atomic E-state index is 0. The Labute approximate surface area is 119 Å². The second kappa shape index (κ2) is 7.53. The third kappa shape index (κ3) is 3.96. The van der Waals surface area contributed by atoms with Crippen molar-refractivity contribution in [1.82, 2.24) is 5.32 Å². The molecule has 108 valence electrons. The zero-order chi connectivity index (χ0) is 13.0. The number of ether oxygens (including phenoxy) is 1. The number of methoxy groups -OCH3 is 1. The lowest BCUT2D eigenvalue weighted by atomic mass is 10.0. The zero-order valence-corrected chi connectivity index (χ0v) is 11.9. The van der Waals surface area contributed by atoms with Gasteiger partial charge >= 0.3 is 0 Å². The largest absolute Gasteiger partial charge is 0.453 e. The lowest BCUT2D eigenvalue weighted by Gasteiger charge is -2.18. The van der Waals surface area contributed by atoms with E-state index in [1.54, 1.807) is 19.2 Å². The molecular weight excluding hydrogens is 268 g/mol. The molecule has 1 heterocycles. The van der Waals surface area contributed by atoms with Crippen LogP contribution in [0.3, 0.4) is 0 Å². The van der Waals surface area contributed by atoms with Crippen LogP contribution >= 0.6 is 12.4 Å². The van der Waals surface area contributed by atoms with E-state index in [1.165, 1.54) is 0 Å². The van der Waals surface area contributed by atoms with Gasteiger partial charge in [-0.25, -0.2) is 0 Å². The van der Waals surface area contributed by atoms with Crippen LogP contribution in [0.1, 0.15) is 35.6 Å². The molecule has 5 nitrogen and oxygen atoms in total. The summed E-state index contributed by atoms with van der Waals surface area (Å²) in [7, 11) is 1.59. The molecule has 0 aliphatic heterocycles. The van der Waals surface area contributed by atoms with E-state index >= 15 is 0 Å². The predicted octanol–water partition coefficient (Wildman–Crippen LogP) is 1.70. The first-order valence-electron chi connectivity index (χ1n) is 6.33. The third-order valence-electron chi connectivity index (χ3n) is 3.45. The number of carbonyl (C=O) groups excluding carboxylic acids is 1. The number of nitrogens with two attached hydrogens (primary N) is 1. The van der Waals surface area contributed by atoms with Crippen molar-refractivity contribution in [3.63, 3.8) is 0 Å². The van der Waals surface area contributed by atoms with Crippen LogP contribution in [0.4, 0.5) is 0 Å². The average Bonchev–Trinajstić information content (AvgIpc) is 2.98.